The van der Waals surface area contributed by atoms with Gasteiger partial charge in [-0.2, -0.15) is 0 Å². The van der Waals surface area contributed by atoms with E-state index in [1.54, 1.807) is 0 Å². The van der Waals surface area contributed by atoms with Crippen LogP contribution in [0.4, 0.5) is 0 Å². The highest BCUT2D eigenvalue weighted by Crippen LogP contribution is 2.31. The molecule has 1 atom stereocenters. The molecule has 1 fully saturated rings. The quantitative estimate of drug-likeness (QED) is 0.342. The zero-order valence-corrected chi connectivity index (χ0v) is 15.0. The topological polar surface area (TPSA) is 12.0 Å². The Hall–Kier alpha value is -0.0400. The van der Waals surface area contributed by atoms with Gasteiger partial charge in [-0.25, -0.2) is 0 Å². The molecule has 1 saturated carbocycles. The van der Waals surface area contributed by atoms with Crippen LogP contribution in [0.25, 0.3) is 0 Å². The molecule has 0 radical (unpaired) electrons. The van der Waals surface area contributed by atoms with E-state index in [4.69, 9.17) is 0 Å². The monoisotopic (exact) mass is 295 g/mol. The van der Waals surface area contributed by atoms with Gasteiger partial charge in [0.25, 0.3) is 0 Å². The largest absolute Gasteiger partial charge is 0.314 e. The summed E-state index contributed by atoms with van der Waals surface area (Å²) in [5, 5.41) is 3.71. The van der Waals surface area contributed by atoms with Gasteiger partial charge in [-0.3, -0.25) is 0 Å². The van der Waals surface area contributed by atoms with Crippen molar-refractivity contribution in [3.63, 3.8) is 0 Å². The lowest BCUT2D eigenvalue weighted by Crippen LogP contribution is -2.32. The van der Waals surface area contributed by atoms with Crippen LogP contribution in [0.3, 0.4) is 0 Å². The van der Waals surface area contributed by atoms with Crippen molar-refractivity contribution in [1.29, 1.82) is 0 Å². The van der Waals surface area contributed by atoms with Crippen LogP contribution in [-0.4, -0.2) is 12.6 Å². The van der Waals surface area contributed by atoms with Gasteiger partial charge in [-0.15, -0.1) is 0 Å². The van der Waals surface area contributed by atoms with E-state index in [0.29, 0.717) is 0 Å². The predicted octanol–water partition coefficient (Wildman–Crippen LogP) is 6.47. The van der Waals surface area contributed by atoms with Crippen LogP contribution < -0.4 is 5.32 Å². The van der Waals surface area contributed by atoms with Gasteiger partial charge in [0.2, 0.25) is 0 Å². The molecule has 0 aromatic carbocycles. The lowest BCUT2D eigenvalue weighted by Gasteiger charge is -2.30. The minimum absolute atomic E-state index is 0.814. The molecule has 1 rings (SSSR count). The first-order valence-electron chi connectivity index (χ1n) is 10.1. The number of hydrogen-bond acceptors (Lipinski definition) is 1. The highest BCUT2D eigenvalue weighted by atomic mass is 14.9. The lowest BCUT2D eigenvalue weighted by atomic mass is 9.80. The van der Waals surface area contributed by atoms with Gasteiger partial charge >= 0.3 is 0 Å². The summed E-state index contributed by atoms with van der Waals surface area (Å²) < 4.78 is 0. The van der Waals surface area contributed by atoms with E-state index in [1.807, 2.05) is 0 Å². The Labute approximate surface area is 134 Å². The smallest absolute Gasteiger partial charge is 0.00695 e. The highest BCUT2D eigenvalue weighted by molar-refractivity contribution is 4.77. The summed E-state index contributed by atoms with van der Waals surface area (Å²) in [6.45, 7) is 5.70. The summed E-state index contributed by atoms with van der Waals surface area (Å²) in [7, 11) is 0. The molecule has 1 nitrogen and oxygen atoms in total. The average Bonchev–Trinajstić information content (AvgIpc) is 2.44. The first kappa shape index (κ1) is 19.0. The van der Waals surface area contributed by atoms with E-state index in [2.05, 4.69) is 19.2 Å². The van der Waals surface area contributed by atoms with Gasteiger partial charge in [0, 0.05) is 6.04 Å². The molecule has 0 aliphatic heterocycles. The molecule has 1 aliphatic carbocycles. The molecule has 1 N–H and O–H groups in total. The van der Waals surface area contributed by atoms with E-state index in [-0.39, 0.29) is 0 Å². The second-order valence-corrected chi connectivity index (χ2v) is 7.26. The fourth-order valence-electron chi connectivity index (χ4n) is 3.60. The fraction of sp³-hybridized carbons (Fsp3) is 1.00. The van der Waals surface area contributed by atoms with E-state index >= 15 is 0 Å². The maximum absolute atomic E-state index is 3.71. The summed E-state index contributed by atoms with van der Waals surface area (Å²) in [5.41, 5.74) is 0. The Kier molecular flexibility index (Phi) is 12.3. The van der Waals surface area contributed by atoms with Gasteiger partial charge in [0.1, 0.15) is 0 Å². The van der Waals surface area contributed by atoms with Gasteiger partial charge in [0.05, 0.1) is 0 Å². The SMILES string of the molecule is CCCCCCCCCCCCC(CC1CCC1)NCC. The standard InChI is InChI=1S/C20H41N/c1-3-5-6-7-8-9-10-11-12-13-17-20(21-4-2)18-19-15-14-16-19/h19-21H,3-18H2,1-2H3. The molecule has 126 valence electrons. The molecule has 0 amide bonds. The van der Waals surface area contributed by atoms with Crippen LogP contribution in [0.1, 0.15) is 110 Å². The summed E-state index contributed by atoms with van der Waals surface area (Å²) in [4.78, 5) is 0. The average molecular weight is 296 g/mol. The summed E-state index contributed by atoms with van der Waals surface area (Å²) in [6, 6.07) is 0.814. The van der Waals surface area contributed by atoms with Crippen molar-refractivity contribution in [1.82, 2.24) is 5.32 Å². The zero-order valence-electron chi connectivity index (χ0n) is 15.0. The summed E-state index contributed by atoms with van der Waals surface area (Å²) in [5.74, 6) is 1.05. The Bertz CT molecular complexity index is 210. The van der Waals surface area contributed by atoms with Crippen molar-refractivity contribution in [2.24, 2.45) is 5.92 Å². The highest BCUT2D eigenvalue weighted by Gasteiger charge is 2.21. The Morgan fingerprint density at radius 1 is 0.810 bits per heavy atom. The minimum atomic E-state index is 0.814. The Balaban J connectivity index is 1.86. The second kappa shape index (κ2) is 13.6. The molecule has 0 aromatic heterocycles. The molecule has 1 unspecified atom stereocenters. The molecule has 0 spiro atoms. The number of nitrogens with one attached hydrogen (secondary N) is 1. The van der Waals surface area contributed by atoms with Crippen molar-refractivity contribution in [2.75, 3.05) is 6.54 Å². The van der Waals surface area contributed by atoms with Crippen LogP contribution >= 0.6 is 0 Å². The van der Waals surface area contributed by atoms with Crippen molar-refractivity contribution in [3.8, 4) is 0 Å². The first-order chi connectivity index (χ1) is 10.4. The first-order valence-corrected chi connectivity index (χ1v) is 10.1. The predicted molar refractivity (Wildman–Crippen MR) is 95.9 cm³/mol. The van der Waals surface area contributed by atoms with E-state index in [1.165, 1.54) is 96.3 Å². The molecule has 21 heavy (non-hydrogen) atoms. The molecular weight excluding hydrogens is 254 g/mol. The van der Waals surface area contributed by atoms with Crippen LogP contribution in [0, 0.1) is 5.92 Å². The molecule has 0 saturated heterocycles. The van der Waals surface area contributed by atoms with Crippen molar-refractivity contribution < 1.29 is 0 Å². The lowest BCUT2D eigenvalue weighted by molar-refractivity contribution is 0.253. The van der Waals surface area contributed by atoms with E-state index in [0.717, 1.165) is 18.5 Å². The molecule has 0 heterocycles. The third-order valence-electron chi connectivity index (χ3n) is 5.24. The maximum atomic E-state index is 3.71. The number of unbranched alkanes of at least 4 members (excludes halogenated alkanes) is 9. The van der Waals surface area contributed by atoms with Gasteiger partial charge < -0.3 is 5.32 Å². The summed E-state index contributed by atoms with van der Waals surface area (Å²) >= 11 is 0. The van der Waals surface area contributed by atoms with E-state index in [9.17, 15) is 0 Å². The van der Waals surface area contributed by atoms with Crippen LogP contribution in [0.5, 0.6) is 0 Å². The second-order valence-electron chi connectivity index (χ2n) is 7.26. The molecule has 1 heteroatoms. The Morgan fingerprint density at radius 3 is 1.86 bits per heavy atom. The molecule has 1 aliphatic rings. The van der Waals surface area contributed by atoms with Crippen molar-refractivity contribution in [3.05, 3.63) is 0 Å². The molecule has 0 aromatic rings. The van der Waals surface area contributed by atoms with Gasteiger partial charge in [-0.1, -0.05) is 97.3 Å². The number of hydrogen-bond donors (Lipinski definition) is 1. The maximum Gasteiger partial charge on any atom is 0.00695 e. The van der Waals surface area contributed by atoms with Crippen molar-refractivity contribution >= 4 is 0 Å². The normalized spacial score (nSPS) is 16.9. The van der Waals surface area contributed by atoms with Crippen molar-refractivity contribution in [2.45, 2.75) is 116 Å². The van der Waals surface area contributed by atoms with Gasteiger partial charge in [-0.05, 0) is 25.3 Å². The molecule has 0 bridgehead atoms. The number of rotatable bonds is 15. The molecular formula is C20H41N. The van der Waals surface area contributed by atoms with E-state index < -0.39 is 0 Å². The van der Waals surface area contributed by atoms with Gasteiger partial charge in [0.15, 0.2) is 0 Å². The Morgan fingerprint density at radius 2 is 1.38 bits per heavy atom. The minimum Gasteiger partial charge on any atom is -0.314 e. The zero-order chi connectivity index (χ0) is 15.2. The third-order valence-corrected chi connectivity index (χ3v) is 5.24. The van der Waals surface area contributed by atoms with Crippen LogP contribution in [-0.2, 0) is 0 Å². The van der Waals surface area contributed by atoms with Crippen LogP contribution in [0.15, 0.2) is 0 Å². The fourth-order valence-corrected chi connectivity index (χ4v) is 3.60. The van der Waals surface area contributed by atoms with Crippen LogP contribution in [0.2, 0.25) is 0 Å². The third kappa shape index (κ3) is 10.3. The summed E-state index contributed by atoms with van der Waals surface area (Å²) in [6.07, 6.45) is 21.9.